The van der Waals surface area contributed by atoms with Gasteiger partial charge in [-0.15, -0.1) is 11.6 Å². The monoisotopic (exact) mass is 321 g/mol. The lowest BCUT2D eigenvalue weighted by Crippen LogP contribution is -2.29. The Morgan fingerprint density at radius 2 is 2.00 bits per heavy atom. The number of benzene rings is 1. The molecule has 0 aliphatic rings. The van der Waals surface area contributed by atoms with Gasteiger partial charge in [0.05, 0.1) is 6.04 Å². The van der Waals surface area contributed by atoms with Crippen LogP contribution in [0.4, 0.5) is 0 Å². The van der Waals surface area contributed by atoms with E-state index in [0.29, 0.717) is 22.3 Å². The van der Waals surface area contributed by atoms with Crippen molar-refractivity contribution in [2.24, 2.45) is 0 Å². The maximum Gasteiger partial charge on any atom is 0.222 e. The second kappa shape index (κ2) is 7.98. The Labute approximate surface area is 129 Å². The second-order valence-corrected chi connectivity index (χ2v) is 5.71. The molecule has 106 valence electrons. The lowest BCUT2D eigenvalue weighted by atomic mass is 10.1. The van der Waals surface area contributed by atoms with Gasteiger partial charge in [0, 0.05) is 29.4 Å². The van der Waals surface area contributed by atoms with Gasteiger partial charge >= 0.3 is 0 Å². The number of amides is 1. The van der Waals surface area contributed by atoms with E-state index in [2.05, 4.69) is 0 Å². The van der Waals surface area contributed by atoms with Gasteiger partial charge in [0.15, 0.2) is 0 Å². The average Bonchev–Trinajstić information content (AvgIpc) is 2.37. The maximum absolute atomic E-state index is 12.0. The van der Waals surface area contributed by atoms with Gasteiger partial charge in [-0.2, -0.15) is 0 Å². The fourth-order valence-corrected chi connectivity index (χ4v) is 2.57. The summed E-state index contributed by atoms with van der Waals surface area (Å²) in [6.45, 7) is 1.95. The van der Waals surface area contributed by atoms with Crippen molar-refractivity contribution >= 4 is 40.7 Å². The second-order valence-electron chi connectivity index (χ2n) is 4.49. The lowest BCUT2D eigenvalue weighted by molar-refractivity contribution is -0.131. The SMILES string of the molecule is CC(c1ccc(Cl)cc1Cl)N(C)C(=O)CCCCCl. The van der Waals surface area contributed by atoms with Gasteiger partial charge in [0.2, 0.25) is 5.91 Å². The number of carbonyl (C=O) groups is 1. The molecule has 1 amide bonds. The summed E-state index contributed by atoms with van der Waals surface area (Å²) in [5.74, 6) is 0.693. The molecule has 0 bridgehead atoms. The third-order valence-corrected chi connectivity index (χ3v) is 3.99. The molecular weight excluding hydrogens is 305 g/mol. The van der Waals surface area contributed by atoms with Crippen LogP contribution in [-0.4, -0.2) is 23.7 Å². The van der Waals surface area contributed by atoms with E-state index >= 15 is 0 Å². The molecule has 0 aliphatic heterocycles. The molecule has 1 aromatic carbocycles. The van der Waals surface area contributed by atoms with E-state index in [1.165, 1.54) is 0 Å². The van der Waals surface area contributed by atoms with Gasteiger partial charge in [-0.1, -0.05) is 29.3 Å². The number of unbranched alkanes of at least 4 members (excludes halogenated alkanes) is 1. The molecule has 0 spiro atoms. The number of rotatable bonds is 6. The summed E-state index contributed by atoms with van der Waals surface area (Å²) < 4.78 is 0. The van der Waals surface area contributed by atoms with Crippen molar-refractivity contribution in [1.29, 1.82) is 0 Å². The fourth-order valence-electron chi connectivity index (χ4n) is 1.81. The van der Waals surface area contributed by atoms with E-state index in [9.17, 15) is 4.79 Å². The maximum atomic E-state index is 12.0. The first kappa shape index (κ1) is 16.6. The van der Waals surface area contributed by atoms with Crippen molar-refractivity contribution < 1.29 is 4.79 Å². The molecule has 0 N–H and O–H groups in total. The summed E-state index contributed by atoms with van der Waals surface area (Å²) in [5.41, 5.74) is 0.902. The minimum Gasteiger partial charge on any atom is -0.339 e. The molecule has 0 saturated heterocycles. The van der Waals surface area contributed by atoms with Crippen LogP contribution in [0.2, 0.25) is 10.0 Å². The Kier molecular flexibility index (Phi) is 6.98. The van der Waals surface area contributed by atoms with E-state index in [1.54, 1.807) is 24.1 Å². The van der Waals surface area contributed by atoms with Gasteiger partial charge in [-0.25, -0.2) is 0 Å². The zero-order valence-electron chi connectivity index (χ0n) is 11.1. The average molecular weight is 323 g/mol. The first-order chi connectivity index (χ1) is 8.97. The molecule has 1 rings (SSSR count). The van der Waals surface area contributed by atoms with Crippen LogP contribution in [0.5, 0.6) is 0 Å². The number of hydrogen-bond acceptors (Lipinski definition) is 1. The van der Waals surface area contributed by atoms with Crippen molar-refractivity contribution in [2.75, 3.05) is 12.9 Å². The standard InChI is InChI=1S/C14H18Cl3NO/c1-10(12-7-6-11(16)9-13(12)17)18(2)14(19)5-3-4-8-15/h6-7,9-10H,3-5,8H2,1-2H3. The Bertz CT molecular complexity index is 437. The Hall–Kier alpha value is -0.440. The first-order valence-corrected chi connectivity index (χ1v) is 7.53. The molecular formula is C14H18Cl3NO. The predicted octanol–water partition coefficient (Wildman–Crippen LogP) is 4.92. The molecule has 1 aromatic rings. The van der Waals surface area contributed by atoms with Gasteiger partial charge in [0.25, 0.3) is 0 Å². The van der Waals surface area contributed by atoms with Crippen LogP contribution in [0.1, 0.15) is 37.8 Å². The van der Waals surface area contributed by atoms with E-state index in [4.69, 9.17) is 34.8 Å². The van der Waals surface area contributed by atoms with Gasteiger partial charge in [-0.3, -0.25) is 4.79 Å². The molecule has 0 aliphatic carbocycles. The topological polar surface area (TPSA) is 20.3 Å². The minimum atomic E-state index is -0.0757. The molecule has 0 heterocycles. The third kappa shape index (κ3) is 4.87. The van der Waals surface area contributed by atoms with Crippen LogP contribution in [0.15, 0.2) is 18.2 Å². The Morgan fingerprint density at radius 1 is 1.32 bits per heavy atom. The van der Waals surface area contributed by atoms with E-state index in [1.807, 2.05) is 13.0 Å². The predicted molar refractivity (Wildman–Crippen MR) is 82.2 cm³/mol. The van der Waals surface area contributed by atoms with Crippen LogP contribution in [0.25, 0.3) is 0 Å². The molecule has 0 saturated carbocycles. The van der Waals surface area contributed by atoms with Crippen molar-refractivity contribution in [2.45, 2.75) is 32.2 Å². The highest BCUT2D eigenvalue weighted by Gasteiger charge is 2.19. The summed E-state index contributed by atoms with van der Waals surface area (Å²) in [6.07, 6.45) is 2.18. The quantitative estimate of drug-likeness (QED) is 0.537. The van der Waals surface area contributed by atoms with Crippen molar-refractivity contribution in [3.8, 4) is 0 Å². The summed E-state index contributed by atoms with van der Waals surface area (Å²) in [6, 6.07) is 5.26. The third-order valence-electron chi connectivity index (χ3n) is 3.16. The summed E-state index contributed by atoms with van der Waals surface area (Å²) in [5, 5.41) is 1.18. The zero-order valence-corrected chi connectivity index (χ0v) is 13.4. The van der Waals surface area contributed by atoms with E-state index in [-0.39, 0.29) is 11.9 Å². The Balaban J connectivity index is 2.70. The van der Waals surface area contributed by atoms with Gasteiger partial charge < -0.3 is 4.90 Å². The van der Waals surface area contributed by atoms with Crippen LogP contribution in [0, 0.1) is 0 Å². The normalized spacial score (nSPS) is 12.3. The molecule has 0 aromatic heterocycles. The summed E-state index contributed by atoms with van der Waals surface area (Å²) >= 11 is 17.6. The molecule has 5 heteroatoms. The highest BCUT2D eigenvalue weighted by Crippen LogP contribution is 2.29. The number of carbonyl (C=O) groups excluding carboxylic acids is 1. The molecule has 0 fully saturated rings. The Morgan fingerprint density at radius 3 is 2.58 bits per heavy atom. The van der Waals surface area contributed by atoms with Crippen LogP contribution in [0.3, 0.4) is 0 Å². The molecule has 2 nitrogen and oxygen atoms in total. The van der Waals surface area contributed by atoms with Crippen LogP contribution < -0.4 is 0 Å². The zero-order chi connectivity index (χ0) is 14.4. The number of halogens is 3. The highest BCUT2D eigenvalue weighted by atomic mass is 35.5. The first-order valence-electron chi connectivity index (χ1n) is 6.24. The van der Waals surface area contributed by atoms with Crippen molar-refractivity contribution in [3.63, 3.8) is 0 Å². The smallest absolute Gasteiger partial charge is 0.222 e. The van der Waals surface area contributed by atoms with Gasteiger partial charge in [0.1, 0.15) is 0 Å². The molecule has 0 radical (unpaired) electrons. The number of alkyl halides is 1. The highest BCUT2D eigenvalue weighted by molar-refractivity contribution is 6.35. The molecule has 19 heavy (non-hydrogen) atoms. The summed E-state index contributed by atoms with van der Waals surface area (Å²) in [4.78, 5) is 13.7. The summed E-state index contributed by atoms with van der Waals surface area (Å²) in [7, 11) is 1.79. The number of nitrogens with zero attached hydrogens (tertiary/aromatic N) is 1. The van der Waals surface area contributed by atoms with Crippen molar-refractivity contribution in [3.05, 3.63) is 33.8 Å². The largest absolute Gasteiger partial charge is 0.339 e. The van der Waals surface area contributed by atoms with E-state index in [0.717, 1.165) is 18.4 Å². The van der Waals surface area contributed by atoms with Gasteiger partial charge in [-0.05, 0) is 37.5 Å². The lowest BCUT2D eigenvalue weighted by Gasteiger charge is -2.26. The number of hydrogen-bond donors (Lipinski definition) is 0. The van der Waals surface area contributed by atoms with Crippen LogP contribution >= 0.6 is 34.8 Å². The van der Waals surface area contributed by atoms with Crippen molar-refractivity contribution in [1.82, 2.24) is 4.90 Å². The molecule has 1 unspecified atom stereocenters. The fraction of sp³-hybridized carbons (Fsp3) is 0.500. The molecule has 1 atom stereocenters. The minimum absolute atomic E-state index is 0.0757. The van der Waals surface area contributed by atoms with Crippen LogP contribution in [-0.2, 0) is 4.79 Å². The van der Waals surface area contributed by atoms with E-state index < -0.39 is 0 Å².